The maximum atomic E-state index is 13.1. The van der Waals surface area contributed by atoms with Crippen molar-refractivity contribution in [1.29, 1.82) is 0 Å². The topological polar surface area (TPSA) is 95.1 Å². The Morgan fingerprint density at radius 3 is 2.86 bits per heavy atom. The van der Waals surface area contributed by atoms with E-state index in [9.17, 15) is 4.79 Å². The minimum atomic E-state index is -0.310. The van der Waals surface area contributed by atoms with Crippen molar-refractivity contribution in [2.45, 2.75) is 33.4 Å². The number of carbonyl (C=O) groups excluding carboxylic acids is 1. The molecule has 0 radical (unpaired) electrons. The quantitative estimate of drug-likeness (QED) is 0.540. The molecule has 0 fully saturated rings. The van der Waals surface area contributed by atoms with Gasteiger partial charge in [-0.25, -0.2) is 9.97 Å². The summed E-state index contributed by atoms with van der Waals surface area (Å²) >= 11 is 0. The number of carbonyl (C=O) groups is 1. The smallest absolute Gasteiger partial charge is 0.258 e. The first-order chi connectivity index (χ1) is 14.0. The first kappa shape index (κ1) is 19.1. The molecule has 1 amide bonds. The summed E-state index contributed by atoms with van der Waals surface area (Å²) in [5.41, 5.74) is 4.09. The van der Waals surface area contributed by atoms with Crippen LogP contribution < -0.4 is 5.32 Å². The Labute approximate surface area is 167 Å². The zero-order valence-corrected chi connectivity index (χ0v) is 16.9. The lowest BCUT2D eigenvalue weighted by Crippen LogP contribution is -2.29. The standard InChI is InChI=1S/C21H23N5O3/c1-12-11-15(18-13(2)25-29-21(18)22-12)20(27)23-14(3)19-24-16-7-5-6-8-17(16)26(19)9-10-28-4/h5-8,11,14H,9-10H2,1-4H3,(H,23,27)/t14-/m0/s1. The molecule has 1 atom stereocenters. The van der Waals surface area contributed by atoms with E-state index < -0.39 is 0 Å². The van der Waals surface area contributed by atoms with Crippen LogP contribution in [0.2, 0.25) is 0 Å². The fraction of sp³-hybridized carbons (Fsp3) is 0.333. The lowest BCUT2D eigenvalue weighted by atomic mass is 10.1. The van der Waals surface area contributed by atoms with E-state index in [1.807, 2.05) is 38.1 Å². The zero-order chi connectivity index (χ0) is 20.5. The first-order valence-electron chi connectivity index (χ1n) is 9.48. The number of amides is 1. The van der Waals surface area contributed by atoms with E-state index in [1.165, 1.54) is 0 Å². The number of ether oxygens (including phenoxy) is 1. The summed E-state index contributed by atoms with van der Waals surface area (Å²) in [5, 5.41) is 7.64. The first-order valence-corrected chi connectivity index (χ1v) is 9.48. The fourth-order valence-electron chi connectivity index (χ4n) is 3.58. The second kappa shape index (κ2) is 7.63. The van der Waals surface area contributed by atoms with Crippen molar-refractivity contribution in [3.05, 3.63) is 53.1 Å². The summed E-state index contributed by atoms with van der Waals surface area (Å²) in [6, 6.07) is 9.36. The Hall–Kier alpha value is -3.26. The summed E-state index contributed by atoms with van der Waals surface area (Å²) in [6.45, 7) is 6.75. The number of fused-ring (bicyclic) bond motifs is 2. The van der Waals surface area contributed by atoms with Crippen LogP contribution in [0.5, 0.6) is 0 Å². The van der Waals surface area contributed by atoms with Gasteiger partial charge >= 0.3 is 0 Å². The Bertz CT molecular complexity index is 1190. The van der Waals surface area contributed by atoms with Gasteiger partial charge in [-0.3, -0.25) is 4.79 Å². The number of aryl methyl sites for hydroxylation is 2. The molecular weight excluding hydrogens is 370 g/mol. The molecule has 4 aromatic rings. The van der Waals surface area contributed by atoms with Crippen LogP contribution in [0.1, 0.15) is 40.5 Å². The summed E-state index contributed by atoms with van der Waals surface area (Å²) in [5.74, 6) is 0.560. The Morgan fingerprint density at radius 1 is 1.28 bits per heavy atom. The van der Waals surface area contributed by atoms with Gasteiger partial charge in [-0.15, -0.1) is 0 Å². The van der Waals surface area contributed by atoms with Gasteiger partial charge in [0.1, 0.15) is 5.82 Å². The van der Waals surface area contributed by atoms with Crippen molar-refractivity contribution in [3.8, 4) is 0 Å². The molecule has 150 valence electrons. The average Bonchev–Trinajstić information content (AvgIpc) is 3.26. The predicted molar refractivity (Wildman–Crippen MR) is 109 cm³/mol. The van der Waals surface area contributed by atoms with Gasteiger partial charge < -0.3 is 19.1 Å². The normalized spacial score (nSPS) is 12.6. The molecule has 0 aliphatic carbocycles. The third-order valence-corrected chi connectivity index (χ3v) is 4.93. The average molecular weight is 393 g/mol. The lowest BCUT2D eigenvalue weighted by molar-refractivity contribution is 0.0938. The van der Waals surface area contributed by atoms with Gasteiger partial charge in [-0.1, -0.05) is 17.3 Å². The van der Waals surface area contributed by atoms with Crippen molar-refractivity contribution in [2.75, 3.05) is 13.7 Å². The van der Waals surface area contributed by atoms with E-state index in [0.717, 1.165) is 16.9 Å². The van der Waals surface area contributed by atoms with Crippen molar-refractivity contribution >= 4 is 28.0 Å². The number of aromatic nitrogens is 4. The van der Waals surface area contributed by atoms with Crippen LogP contribution >= 0.6 is 0 Å². The maximum absolute atomic E-state index is 13.1. The molecule has 8 nitrogen and oxygen atoms in total. The second-order valence-corrected chi connectivity index (χ2v) is 7.06. The SMILES string of the molecule is COCCn1c([C@H](C)NC(=O)c2cc(C)nc3onc(C)c23)nc2ccccc21. The third-order valence-electron chi connectivity index (χ3n) is 4.93. The minimum Gasteiger partial charge on any atom is -0.383 e. The lowest BCUT2D eigenvalue weighted by Gasteiger charge is -2.16. The number of methoxy groups -OCH3 is 1. The molecule has 0 aliphatic heterocycles. The summed E-state index contributed by atoms with van der Waals surface area (Å²) < 4.78 is 12.6. The Morgan fingerprint density at radius 2 is 2.07 bits per heavy atom. The van der Waals surface area contributed by atoms with Crippen LogP contribution in [0.25, 0.3) is 22.1 Å². The van der Waals surface area contributed by atoms with Crippen molar-refractivity contribution in [2.24, 2.45) is 0 Å². The highest BCUT2D eigenvalue weighted by Crippen LogP contribution is 2.24. The number of rotatable bonds is 6. The molecule has 29 heavy (non-hydrogen) atoms. The van der Waals surface area contributed by atoms with E-state index in [4.69, 9.17) is 14.2 Å². The van der Waals surface area contributed by atoms with Gasteiger partial charge in [-0.05, 0) is 39.0 Å². The Balaban J connectivity index is 1.69. The van der Waals surface area contributed by atoms with E-state index in [-0.39, 0.29) is 11.9 Å². The van der Waals surface area contributed by atoms with E-state index in [1.54, 1.807) is 20.1 Å². The van der Waals surface area contributed by atoms with Crippen LogP contribution in [-0.4, -0.2) is 39.3 Å². The molecule has 3 aromatic heterocycles. The number of pyridine rings is 1. The highest BCUT2D eigenvalue weighted by atomic mass is 16.5. The van der Waals surface area contributed by atoms with Crippen LogP contribution in [-0.2, 0) is 11.3 Å². The van der Waals surface area contributed by atoms with Gasteiger partial charge in [0.15, 0.2) is 0 Å². The van der Waals surface area contributed by atoms with Gasteiger partial charge in [0.05, 0.1) is 40.3 Å². The molecular formula is C21H23N5O3. The number of imidazole rings is 1. The Kier molecular flexibility index (Phi) is 5.02. The largest absolute Gasteiger partial charge is 0.383 e. The van der Waals surface area contributed by atoms with Gasteiger partial charge in [0, 0.05) is 19.3 Å². The van der Waals surface area contributed by atoms with Gasteiger partial charge in [0.25, 0.3) is 11.6 Å². The van der Waals surface area contributed by atoms with E-state index >= 15 is 0 Å². The van der Waals surface area contributed by atoms with Crippen molar-refractivity contribution in [1.82, 2.24) is 25.0 Å². The molecule has 3 heterocycles. The van der Waals surface area contributed by atoms with E-state index in [2.05, 4.69) is 20.0 Å². The molecule has 1 aromatic carbocycles. The summed E-state index contributed by atoms with van der Waals surface area (Å²) in [7, 11) is 1.67. The molecule has 0 saturated carbocycles. The number of benzene rings is 1. The second-order valence-electron chi connectivity index (χ2n) is 7.06. The zero-order valence-electron chi connectivity index (χ0n) is 16.9. The highest BCUT2D eigenvalue weighted by Gasteiger charge is 2.22. The number of para-hydroxylation sites is 2. The number of hydrogen-bond donors (Lipinski definition) is 1. The number of nitrogens with zero attached hydrogens (tertiary/aromatic N) is 4. The number of nitrogens with one attached hydrogen (secondary N) is 1. The van der Waals surface area contributed by atoms with Gasteiger partial charge in [-0.2, -0.15) is 0 Å². The van der Waals surface area contributed by atoms with Crippen LogP contribution in [0.15, 0.2) is 34.9 Å². The van der Waals surface area contributed by atoms with Crippen LogP contribution in [0.4, 0.5) is 0 Å². The molecule has 1 N–H and O–H groups in total. The molecule has 0 saturated heterocycles. The summed E-state index contributed by atoms with van der Waals surface area (Å²) in [6.07, 6.45) is 0. The van der Waals surface area contributed by atoms with Crippen molar-refractivity contribution < 1.29 is 14.1 Å². The monoisotopic (exact) mass is 393 g/mol. The van der Waals surface area contributed by atoms with E-state index in [0.29, 0.717) is 41.2 Å². The molecule has 8 heteroatoms. The molecule has 0 spiro atoms. The minimum absolute atomic E-state index is 0.218. The van der Waals surface area contributed by atoms with Crippen LogP contribution in [0.3, 0.4) is 0 Å². The predicted octanol–water partition coefficient (Wildman–Crippen LogP) is 3.33. The maximum Gasteiger partial charge on any atom is 0.258 e. The fourth-order valence-corrected chi connectivity index (χ4v) is 3.58. The van der Waals surface area contributed by atoms with Crippen molar-refractivity contribution in [3.63, 3.8) is 0 Å². The summed E-state index contributed by atoms with van der Waals surface area (Å²) in [4.78, 5) is 22.2. The third kappa shape index (κ3) is 3.47. The molecule has 0 unspecified atom stereocenters. The highest BCUT2D eigenvalue weighted by molar-refractivity contribution is 6.06. The molecule has 4 rings (SSSR count). The van der Waals surface area contributed by atoms with Gasteiger partial charge in [0.2, 0.25) is 0 Å². The molecule has 0 aliphatic rings. The van der Waals surface area contributed by atoms with Crippen LogP contribution in [0, 0.1) is 13.8 Å². The molecule has 0 bridgehead atoms. The number of hydrogen-bond acceptors (Lipinski definition) is 6.